The molecule has 0 spiro atoms. The van der Waals surface area contributed by atoms with Crippen LogP contribution in [-0.4, -0.2) is 40.1 Å². The van der Waals surface area contributed by atoms with Crippen LogP contribution in [0, 0.1) is 29.6 Å². The maximum absolute atomic E-state index is 13.4. The number of ketones is 1. The SMILES string of the molecule is O=C(c1ccc(-c2ccc(Cl)cc2)cc1)C1CC[C@@H](CN2C(=O)CC3C=CC=CC3C2=O)C1C(=O)O. The first-order valence-electron chi connectivity index (χ1n) is 12.2. The standard InChI is InChI=1S/C29H26ClNO5/c30-22-12-9-18(10-13-22)17-5-7-19(8-6-17)27(33)24-14-11-21(26(24)29(35)36)16-31-25(32)15-20-3-1-2-4-23(20)28(31)34/h1-10,12-13,20-21,23-24,26H,11,14-16H2,(H,35,36)/t20?,21-,23?,24?,26?/m0/s1. The number of likely N-dealkylation sites (tertiary alicyclic amines) is 1. The summed E-state index contributed by atoms with van der Waals surface area (Å²) in [6.45, 7) is 0.0364. The Labute approximate surface area is 214 Å². The molecule has 3 aliphatic rings. The molecule has 0 radical (unpaired) electrons. The molecule has 6 nitrogen and oxygen atoms in total. The van der Waals surface area contributed by atoms with E-state index in [0.717, 1.165) is 11.1 Å². The van der Waals surface area contributed by atoms with Crippen molar-refractivity contribution in [3.8, 4) is 11.1 Å². The lowest BCUT2D eigenvalue weighted by molar-refractivity contribution is -0.155. The lowest BCUT2D eigenvalue weighted by Crippen LogP contribution is -2.51. The monoisotopic (exact) mass is 503 g/mol. The fraction of sp³-hybridized carbons (Fsp3) is 0.310. The van der Waals surface area contributed by atoms with Gasteiger partial charge in [-0.15, -0.1) is 0 Å². The summed E-state index contributed by atoms with van der Waals surface area (Å²) in [5.41, 5.74) is 2.34. The minimum atomic E-state index is -1.07. The number of piperidine rings is 1. The Morgan fingerprint density at radius 3 is 2.22 bits per heavy atom. The van der Waals surface area contributed by atoms with Crippen LogP contribution in [0.3, 0.4) is 0 Å². The topological polar surface area (TPSA) is 91.8 Å². The molecule has 1 N–H and O–H groups in total. The zero-order valence-electron chi connectivity index (χ0n) is 19.5. The van der Waals surface area contributed by atoms with Crippen LogP contribution in [0.25, 0.3) is 11.1 Å². The van der Waals surface area contributed by atoms with E-state index in [9.17, 15) is 24.3 Å². The van der Waals surface area contributed by atoms with E-state index < -0.39 is 29.6 Å². The minimum Gasteiger partial charge on any atom is -0.481 e. The van der Waals surface area contributed by atoms with E-state index >= 15 is 0 Å². The van der Waals surface area contributed by atoms with Gasteiger partial charge in [0.2, 0.25) is 11.8 Å². The van der Waals surface area contributed by atoms with E-state index in [4.69, 9.17) is 11.6 Å². The van der Waals surface area contributed by atoms with Gasteiger partial charge < -0.3 is 5.11 Å². The molecule has 4 unspecified atom stereocenters. The molecule has 0 bridgehead atoms. The maximum Gasteiger partial charge on any atom is 0.307 e. The van der Waals surface area contributed by atoms with Crippen molar-refractivity contribution in [2.24, 2.45) is 29.6 Å². The van der Waals surface area contributed by atoms with Gasteiger partial charge >= 0.3 is 5.97 Å². The van der Waals surface area contributed by atoms with Gasteiger partial charge in [0.15, 0.2) is 5.78 Å². The van der Waals surface area contributed by atoms with Crippen molar-refractivity contribution in [3.05, 3.63) is 83.4 Å². The predicted molar refractivity (Wildman–Crippen MR) is 135 cm³/mol. The number of carbonyl (C=O) groups is 4. The maximum atomic E-state index is 13.4. The number of carboxylic acid groups (broad SMARTS) is 1. The largest absolute Gasteiger partial charge is 0.481 e. The first-order chi connectivity index (χ1) is 17.3. The summed E-state index contributed by atoms with van der Waals surface area (Å²) in [5.74, 6) is -4.50. The third-order valence-electron chi connectivity index (χ3n) is 7.69. The number of imide groups is 1. The Balaban J connectivity index is 1.31. The number of carboxylic acids is 1. The predicted octanol–water partition coefficient (Wildman–Crippen LogP) is 5.03. The normalized spacial score (nSPS) is 27.2. The average Bonchev–Trinajstić information content (AvgIpc) is 3.31. The number of hydrogen-bond acceptors (Lipinski definition) is 4. The minimum absolute atomic E-state index is 0.0364. The van der Waals surface area contributed by atoms with Gasteiger partial charge in [0.05, 0.1) is 11.8 Å². The Bertz CT molecular complexity index is 1260. The molecular formula is C29H26ClNO5. The van der Waals surface area contributed by atoms with E-state index in [0.29, 0.717) is 23.4 Å². The van der Waals surface area contributed by atoms with Crippen molar-refractivity contribution in [1.29, 1.82) is 0 Å². The molecule has 1 aliphatic heterocycles. The van der Waals surface area contributed by atoms with E-state index in [-0.39, 0.29) is 36.5 Å². The lowest BCUT2D eigenvalue weighted by atomic mass is 9.80. The molecule has 2 aromatic rings. The Hall–Kier alpha value is -3.51. The Kier molecular flexibility index (Phi) is 6.63. The summed E-state index contributed by atoms with van der Waals surface area (Å²) in [4.78, 5) is 52.7. The quantitative estimate of drug-likeness (QED) is 0.440. The molecule has 0 aromatic heterocycles. The van der Waals surface area contributed by atoms with Gasteiger partial charge in [0.25, 0.3) is 0 Å². The van der Waals surface area contributed by atoms with Crippen LogP contribution < -0.4 is 0 Å². The molecule has 2 amide bonds. The third kappa shape index (κ3) is 4.53. The summed E-state index contributed by atoms with van der Waals surface area (Å²) >= 11 is 5.96. The molecule has 184 valence electrons. The number of nitrogens with zero attached hydrogens (tertiary/aromatic N) is 1. The third-order valence-corrected chi connectivity index (χ3v) is 7.94. The van der Waals surface area contributed by atoms with Crippen molar-refractivity contribution >= 4 is 35.2 Å². The fourth-order valence-electron chi connectivity index (χ4n) is 5.79. The molecule has 2 aliphatic carbocycles. The molecule has 2 fully saturated rings. The average molecular weight is 504 g/mol. The molecule has 2 aromatic carbocycles. The van der Waals surface area contributed by atoms with Gasteiger partial charge in [-0.3, -0.25) is 24.1 Å². The van der Waals surface area contributed by atoms with Crippen molar-refractivity contribution in [2.45, 2.75) is 19.3 Å². The molecule has 7 heteroatoms. The van der Waals surface area contributed by atoms with E-state index in [2.05, 4.69) is 0 Å². The molecule has 1 heterocycles. The van der Waals surface area contributed by atoms with Crippen LogP contribution in [0.15, 0.2) is 72.8 Å². The zero-order valence-corrected chi connectivity index (χ0v) is 20.3. The van der Waals surface area contributed by atoms with Gasteiger partial charge in [0, 0.05) is 35.4 Å². The van der Waals surface area contributed by atoms with Crippen LogP contribution >= 0.6 is 11.6 Å². The summed E-state index contributed by atoms with van der Waals surface area (Å²) in [6.07, 6.45) is 8.42. The van der Waals surface area contributed by atoms with Crippen molar-refractivity contribution in [2.75, 3.05) is 6.54 Å². The second-order valence-electron chi connectivity index (χ2n) is 9.76. The Morgan fingerprint density at radius 1 is 0.917 bits per heavy atom. The number of Topliss-reactive ketones (excluding diaryl/α,β-unsaturated/α-hetero) is 1. The highest BCUT2D eigenvalue weighted by molar-refractivity contribution is 6.30. The van der Waals surface area contributed by atoms with E-state index in [1.165, 1.54) is 4.90 Å². The smallest absolute Gasteiger partial charge is 0.307 e. The number of rotatable bonds is 6. The van der Waals surface area contributed by atoms with Gasteiger partial charge in [0.1, 0.15) is 0 Å². The number of fused-ring (bicyclic) bond motifs is 1. The van der Waals surface area contributed by atoms with E-state index in [1.807, 2.05) is 36.4 Å². The van der Waals surface area contributed by atoms with E-state index in [1.54, 1.807) is 36.4 Å². The van der Waals surface area contributed by atoms with Crippen LogP contribution in [-0.2, 0) is 14.4 Å². The van der Waals surface area contributed by atoms with Crippen LogP contribution in [0.1, 0.15) is 29.6 Å². The van der Waals surface area contributed by atoms with Crippen LogP contribution in [0.5, 0.6) is 0 Å². The van der Waals surface area contributed by atoms with Crippen LogP contribution in [0.2, 0.25) is 5.02 Å². The highest BCUT2D eigenvalue weighted by Gasteiger charge is 2.48. The lowest BCUT2D eigenvalue weighted by Gasteiger charge is -2.36. The fourth-order valence-corrected chi connectivity index (χ4v) is 5.92. The molecule has 1 saturated heterocycles. The molecular weight excluding hydrogens is 478 g/mol. The summed E-state index contributed by atoms with van der Waals surface area (Å²) < 4.78 is 0. The highest BCUT2D eigenvalue weighted by atomic mass is 35.5. The van der Waals surface area contributed by atoms with Gasteiger partial charge in [-0.25, -0.2) is 0 Å². The van der Waals surface area contributed by atoms with Crippen LogP contribution in [0.4, 0.5) is 0 Å². The van der Waals surface area contributed by atoms with Gasteiger partial charge in [-0.05, 0) is 42.0 Å². The summed E-state index contributed by atoms with van der Waals surface area (Å²) in [5, 5.41) is 10.7. The number of amides is 2. The number of benzene rings is 2. The molecule has 1 saturated carbocycles. The molecule has 36 heavy (non-hydrogen) atoms. The van der Waals surface area contributed by atoms with Gasteiger partial charge in [-0.1, -0.05) is 72.3 Å². The first kappa shape index (κ1) is 24.2. The molecule has 5 atom stereocenters. The number of hydrogen-bond donors (Lipinski definition) is 1. The summed E-state index contributed by atoms with van der Waals surface area (Å²) in [6, 6.07) is 14.5. The Morgan fingerprint density at radius 2 is 1.56 bits per heavy atom. The highest BCUT2D eigenvalue weighted by Crippen LogP contribution is 2.41. The van der Waals surface area contributed by atoms with Crippen molar-refractivity contribution < 1.29 is 24.3 Å². The summed E-state index contributed by atoms with van der Waals surface area (Å²) in [7, 11) is 0. The molecule has 5 rings (SSSR count). The second kappa shape index (κ2) is 9.86. The van der Waals surface area contributed by atoms with Gasteiger partial charge in [-0.2, -0.15) is 0 Å². The number of allylic oxidation sites excluding steroid dienone is 3. The number of carbonyl (C=O) groups excluding carboxylic acids is 3. The zero-order chi connectivity index (χ0) is 25.4. The van der Waals surface area contributed by atoms with Crippen molar-refractivity contribution in [3.63, 3.8) is 0 Å². The second-order valence-corrected chi connectivity index (χ2v) is 10.2. The number of halogens is 1. The van der Waals surface area contributed by atoms with Crippen molar-refractivity contribution in [1.82, 2.24) is 4.90 Å². The number of aliphatic carboxylic acids is 1. The first-order valence-corrected chi connectivity index (χ1v) is 12.5.